The summed E-state index contributed by atoms with van der Waals surface area (Å²) in [7, 11) is 2.16. The number of likely N-dealkylation sites (tertiary alicyclic amines) is 1. The fourth-order valence-electron chi connectivity index (χ4n) is 4.47. The molecule has 2 aliphatic rings. The molecule has 118 valence electrons. The summed E-state index contributed by atoms with van der Waals surface area (Å²) in [5.41, 5.74) is 0.460. The van der Waals surface area contributed by atoms with E-state index < -0.39 is 0 Å². The van der Waals surface area contributed by atoms with Gasteiger partial charge in [0.2, 0.25) is 0 Å². The summed E-state index contributed by atoms with van der Waals surface area (Å²) in [4.78, 5) is 2.84. The molecule has 1 aliphatic heterocycles. The highest BCUT2D eigenvalue weighted by atomic mass is 15.2. The number of nitrogens with zero attached hydrogens (tertiary/aromatic N) is 1. The molecule has 0 aromatic rings. The summed E-state index contributed by atoms with van der Waals surface area (Å²) in [5.74, 6) is 1.73. The first-order valence-corrected chi connectivity index (χ1v) is 8.77. The van der Waals surface area contributed by atoms with Gasteiger partial charge in [-0.2, -0.15) is 0 Å². The molecule has 0 amide bonds. The van der Waals surface area contributed by atoms with Crippen molar-refractivity contribution in [2.24, 2.45) is 17.3 Å². The minimum atomic E-state index is 0.460. The van der Waals surface area contributed by atoms with E-state index in [9.17, 15) is 0 Å². The predicted octanol–water partition coefficient (Wildman–Crippen LogP) is 3.91. The first-order valence-electron chi connectivity index (χ1n) is 8.77. The maximum Gasteiger partial charge on any atom is 0.0254 e. The van der Waals surface area contributed by atoms with Gasteiger partial charge in [-0.25, -0.2) is 0 Å². The van der Waals surface area contributed by atoms with Crippen molar-refractivity contribution in [3.8, 4) is 0 Å². The second kappa shape index (κ2) is 6.36. The van der Waals surface area contributed by atoms with Crippen molar-refractivity contribution < 1.29 is 0 Å². The summed E-state index contributed by atoms with van der Waals surface area (Å²) >= 11 is 0. The van der Waals surface area contributed by atoms with E-state index in [1.54, 1.807) is 0 Å². The smallest absolute Gasteiger partial charge is 0.0254 e. The third-order valence-corrected chi connectivity index (χ3v) is 6.26. The second-order valence-corrected chi connectivity index (χ2v) is 8.44. The fraction of sp³-hybridized carbons (Fsp3) is 1.00. The van der Waals surface area contributed by atoms with Crippen LogP contribution in [0.3, 0.4) is 0 Å². The summed E-state index contributed by atoms with van der Waals surface area (Å²) in [5, 5.41) is 3.62. The maximum absolute atomic E-state index is 3.62. The molecule has 5 atom stereocenters. The van der Waals surface area contributed by atoms with Crippen LogP contribution in [-0.2, 0) is 0 Å². The van der Waals surface area contributed by atoms with Crippen LogP contribution in [-0.4, -0.2) is 36.6 Å². The molecule has 0 aromatic heterocycles. The maximum atomic E-state index is 3.62. The molecule has 2 heteroatoms. The molecular weight excluding hydrogens is 244 g/mol. The number of hydrogen-bond donors (Lipinski definition) is 1. The number of hydrogen-bond acceptors (Lipinski definition) is 2. The van der Waals surface area contributed by atoms with Crippen molar-refractivity contribution >= 4 is 0 Å². The van der Waals surface area contributed by atoms with Crippen LogP contribution >= 0.6 is 0 Å². The monoisotopic (exact) mass is 280 g/mol. The standard InChI is InChI=1S/C18H36N2/c1-13-8-7-11-20(14(13)2)17-12-15(18(3,4)5)9-10-16(17)19-6/h13-17,19H,7-12H2,1-6H3. The largest absolute Gasteiger partial charge is 0.315 e. The van der Waals surface area contributed by atoms with Gasteiger partial charge in [-0.3, -0.25) is 4.90 Å². The summed E-state index contributed by atoms with van der Waals surface area (Å²) < 4.78 is 0. The van der Waals surface area contributed by atoms with Crippen LogP contribution in [0.2, 0.25) is 0 Å². The topological polar surface area (TPSA) is 15.3 Å². The molecule has 1 aliphatic carbocycles. The molecular formula is C18H36N2. The van der Waals surface area contributed by atoms with Crippen molar-refractivity contribution in [1.29, 1.82) is 0 Å². The number of likely N-dealkylation sites (N-methyl/N-ethyl adjacent to an activating group) is 1. The molecule has 0 bridgehead atoms. The van der Waals surface area contributed by atoms with Gasteiger partial charge in [0.1, 0.15) is 0 Å². The third kappa shape index (κ3) is 3.39. The van der Waals surface area contributed by atoms with Crippen molar-refractivity contribution in [2.45, 2.75) is 84.8 Å². The van der Waals surface area contributed by atoms with Crippen molar-refractivity contribution in [3.05, 3.63) is 0 Å². The lowest BCUT2D eigenvalue weighted by Gasteiger charge is -2.50. The Hall–Kier alpha value is -0.0800. The van der Waals surface area contributed by atoms with Gasteiger partial charge in [-0.15, -0.1) is 0 Å². The first kappa shape index (κ1) is 16.3. The van der Waals surface area contributed by atoms with E-state index in [1.165, 1.54) is 38.6 Å². The molecule has 5 unspecified atom stereocenters. The third-order valence-electron chi connectivity index (χ3n) is 6.26. The summed E-state index contributed by atoms with van der Waals surface area (Å²) in [6.45, 7) is 13.5. The first-order chi connectivity index (χ1) is 9.34. The minimum absolute atomic E-state index is 0.460. The lowest BCUT2D eigenvalue weighted by Crippen LogP contribution is -2.58. The fourth-order valence-corrected chi connectivity index (χ4v) is 4.47. The average molecular weight is 280 g/mol. The quantitative estimate of drug-likeness (QED) is 0.825. The van der Waals surface area contributed by atoms with Crippen molar-refractivity contribution in [3.63, 3.8) is 0 Å². The average Bonchev–Trinajstić information content (AvgIpc) is 2.40. The lowest BCUT2D eigenvalue weighted by atomic mass is 9.68. The van der Waals surface area contributed by atoms with Gasteiger partial charge in [-0.05, 0) is 69.9 Å². The molecule has 2 nitrogen and oxygen atoms in total. The van der Waals surface area contributed by atoms with Gasteiger partial charge in [0, 0.05) is 18.1 Å². The molecule has 0 radical (unpaired) electrons. The number of nitrogens with one attached hydrogen (secondary N) is 1. The van der Waals surface area contributed by atoms with E-state index in [4.69, 9.17) is 0 Å². The Balaban J connectivity index is 2.12. The number of rotatable bonds is 2. The summed E-state index contributed by atoms with van der Waals surface area (Å²) in [6, 6.07) is 2.19. The van der Waals surface area contributed by atoms with Crippen LogP contribution < -0.4 is 5.32 Å². The Morgan fingerprint density at radius 2 is 1.75 bits per heavy atom. The van der Waals surface area contributed by atoms with E-state index in [0.717, 1.165) is 23.9 Å². The molecule has 1 saturated carbocycles. The van der Waals surface area contributed by atoms with Crippen LogP contribution in [0.1, 0.15) is 66.7 Å². The Bertz CT molecular complexity index is 307. The predicted molar refractivity (Wildman–Crippen MR) is 88.0 cm³/mol. The van der Waals surface area contributed by atoms with Gasteiger partial charge in [0.25, 0.3) is 0 Å². The van der Waals surface area contributed by atoms with Crippen molar-refractivity contribution in [1.82, 2.24) is 10.2 Å². The highest BCUT2D eigenvalue weighted by Gasteiger charge is 2.40. The number of piperidine rings is 1. The van der Waals surface area contributed by atoms with Gasteiger partial charge in [0.05, 0.1) is 0 Å². The van der Waals surface area contributed by atoms with Gasteiger partial charge >= 0.3 is 0 Å². The minimum Gasteiger partial charge on any atom is -0.315 e. The molecule has 1 saturated heterocycles. The molecule has 1 heterocycles. The lowest BCUT2D eigenvalue weighted by molar-refractivity contribution is 0.00475. The normalized spacial score (nSPS) is 40.8. The van der Waals surface area contributed by atoms with Crippen LogP contribution in [0.5, 0.6) is 0 Å². The Morgan fingerprint density at radius 1 is 1.05 bits per heavy atom. The second-order valence-electron chi connectivity index (χ2n) is 8.44. The van der Waals surface area contributed by atoms with Crippen LogP contribution in [0.15, 0.2) is 0 Å². The highest BCUT2D eigenvalue weighted by molar-refractivity contribution is 4.96. The van der Waals surface area contributed by atoms with Crippen LogP contribution in [0.4, 0.5) is 0 Å². The molecule has 1 N–H and O–H groups in total. The molecule has 0 spiro atoms. The zero-order chi connectivity index (χ0) is 14.9. The Morgan fingerprint density at radius 3 is 2.35 bits per heavy atom. The van der Waals surface area contributed by atoms with Gasteiger partial charge < -0.3 is 5.32 Å². The summed E-state index contributed by atoms with van der Waals surface area (Å²) in [6.07, 6.45) is 6.92. The van der Waals surface area contributed by atoms with E-state index in [0.29, 0.717) is 11.5 Å². The Labute approximate surface area is 126 Å². The van der Waals surface area contributed by atoms with Gasteiger partial charge in [0.15, 0.2) is 0 Å². The van der Waals surface area contributed by atoms with Crippen LogP contribution in [0, 0.1) is 17.3 Å². The molecule has 20 heavy (non-hydrogen) atoms. The van der Waals surface area contributed by atoms with Crippen LogP contribution in [0.25, 0.3) is 0 Å². The van der Waals surface area contributed by atoms with Crippen molar-refractivity contribution in [2.75, 3.05) is 13.6 Å². The van der Waals surface area contributed by atoms with E-state index in [-0.39, 0.29) is 0 Å². The van der Waals surface area contributed by atoms with E-state index in [2.05, 4.69) is 51.9 Å². The van der Waals surface area contributed by atoms with E-state index in [1.807, 2.05) is 0 Å². The Kier molecular flexibility index (Phi) is 5.18. The molecule has 2 rings (SSSR count). The van der Waals surface area contributed by atoms with E-state index >= 15 is 0 Å². The zero-order valence-electron chi connectivity index (χ0n) is 14.6. The highest BCUT2D eigenvalue weighted by Crippen LogP contribution is 2.41. The molecule has 2 fully saturated rings. The molecule has 0 aromatic carbocycles. The van der Waals surface area contributed by atoms with Gasteiger partial charge in [-0.1, -0.05) is 27.7 Å². The SMILES string of the molecule is CNC1CCC(C(C)(C)C)CC1N1CCCC(C)C1C. The zero-order valence-corrected chi connectivity index (χ0v) is 14.6.